The molecule has 210 valence electrons. The second-order valence-corrected chi connectivity index (χ2v) is 13.5. The van der Waals surface area contributed by atoms with Gasteiger partial charge in [-0.2, -0.15) is 16.8 Å². The van der Waals surface area contributed by atoms with Gasteiger partial charge in [-0.15, -0.1) is 23.5 Å². The van der Waals surface area contributed by atoms with Gasteiger partial charge in [0, 0.05) is 11.5 Å². The summed E-state index contributed by atoms with van der Waals surface area (Å²) < 4.78 is 69.0. The largest absolute Gasteiger partial charge is 0.378 e. The molecule has 0 aliphatic heterocycles. The fourth-order valence-corrected chi connectivity index (χ4v) is 5.37. The minimum Gasteiger partial charge on any atom is -0.378 e. The molecule has 2 aromatic carbocycles. The van der Waals surface area contributed by atoms with E-state index < -0.39 is 20.2 Å². The van der Waals surface area contributed by atoms with E-state index in [0.29, 0.717) is 48.0 Å². The molecule has 0 spiro atoms. The molecule has 0 bridgehead atoms. The van der Waals surface area contributed by atoms with E-state index in [1.54, 1.807) is 38.1 Å². The van der Waals surface area contributed by atoms with Crippen LogP contribution >= 0.6 is 23.5 Å². The van der Waals surface area contributed by atoms with Gasteiger partial charge in [0.15, 0.2) is 0 Å². The lowest BCUT2D eigenvalue weighted by molar-refractivity contribution is 0.0606. The molecule has 10 nitrogen and oxygen atoms in total. The van der Waals surface area contributed by atoms with Crippen molar-refractivity contribution >= 4 is 53.8 Å². The zero-order valence-corrected chi connectivity index (χ0v) is 24.9. The predicted molar refractivity (Wildman–Crippen MR) is 152 cm³/mol. The maximum atomic E-state index is 12.1. The second-order valence-electron chi connectivity index (χ2n) is 7.83. The van der Waals surface area contributed by atoms with E-state index in [1.807, 2.05) is 13.8 Å². The number of nitrogens with zero attached hydrogens (tertiary/aromatic N) is 2. The highest BCUT2D eigenvalue weighted by Crippen LogP contribution is 2.16. The standard InChI is InChI=1S/C24H32N2O8S4/c1-19-5-9-23(10-6-19)37(27,28)33-25-21(3)35-17-15-31-13-14-32-16-18-36-22(4)26-34-38(29,30)24-11-7-20(2)8-12-24/h5-12H,13-18H2,1-4H3. The van der Waals surface area contributed by atoms with E-state index in [1.165, 1.54) is 47.8 Å². The molecular formula is C24H32N2O8S4. The van der Waals surface area contributed by atoms with E-state index in [4.69, 9.17) is 18.0 Å². The molecule has 0 saturated carbocycles. The average molecular weight is 605 g/mol. The summed E-state index contributed by atoms with van der Waals surface area (Å²) in [5.41, 5.74) is 1.89. The summed E-state index contributed by atoms with van der Waals surface area (Å²) in [5, 5.41) is 8.28. The maximum absolute atomic E-state index is 12.1. The van der Waals surface area contributed by atoms with E-state index in [9.17, 15) is 16.8 Å². The Morgan fingerprint density at radius 3 is 1.32 bits per heavy atom. The first-order valence-corrected chi connectivity index (χ1v) is 16.3. The summed E-state index contributed by atoms with van der Waals surface area (Å²) in [6.45, 7) is 8.69. The van der Waals surface area contributed by atoms with Crippen LogP contribution in [-0.4, -0.2) is 64.9 Å². The van der Waals surface area contributed by atoms with Crippen molar-refractivity contribution in [3.05, 3.63) is 59.7 Å². The Balaban J connectivity index is 1.52. The van der Waals surface area contributed by atoms with Gasteiger partial charge in [0.2, 0.25) is 0 Å². The van der Waals surface area contributed by atoms with E-state index in [-0.39, 0.29) is 9.79 Å². The zero-order valence-electron chi connectivity index (χ0n) is 21.7. The molecule has 0 saturated heterocycles. The highest BCUT2D eigenvalue weighted by atomic mass is 32.2. The molecule has 0 aromatic heterocycles. The van der Waals surface area contributed by atoms with Crippen molar-refractivity contribution in [2.75, 3.05) is 37.9 Å². The summed E-state index contributed by atoms with van der Waals surface area (Å²) >= 11 is 2.64. The minimum absolute atomic E-state index is 0.0493. The number of hydrogen-bond acceptors (Lipinski definition) is 12. The number of oxime groups is 2. The third kappa shape index (κ3) is 12.2. The van der Waals surface area contributed by atoms with Crippen LogP contribution in [0, 0.1) is 13.8 Å². The van der Waals surface area contributed by atoms with Crippen LogP contribution in [0.2, 0.25) is 0 Å². The molecule has 0 aliphatic carbocycles. The highest BCUT2D eigenvalue weighted by molar-refractivity contribution is 8.14. The molecule has 0 radical (unpaired) electrons. The van der Waals surface area contributed by atoms with Crippen LogP contribution in [0.3, 0.4) is 0 Å². The van der Waals surface area contributed by atoms with Crippen LogP contribution in [0.1, 0.15) is 25.0 Å². The Morgan fingerprint density at radius 1 is 0.632 bits per heavy atom. The number of thioether (sulfide) groups is 2. The molecule has 0 amide bonds. The average Bonchev–Trinajstić information content (AvgIpc) is 2.88. The lowest BCUT2D eigenvalue weighted by atomic mass is 10.2. The Hall–Kier alpha value is -2.10. The predicted octanol–water partition coefficient (Wildman–Crippen LogP) is 4.58. The minimum atomic E-state index is -3.94. The van der Waals surface area contributed by atoms with Crippen LogP contribution in [0.4, 0.5) is 0 Å². The molecule has 38 heavy (non-hydrogen) atoms. The summed E-state index contributed by atoms with van der Waals surface area (Å²) in [6.07, 6.45) is 0. The van der Waals surface area contributed by atoms with Gasteiger partial charge in [-0.25, -0.2) is 0 Å². The molecule has 0 N–H and O–H groups in total. The van der Waals surface area contributed by atoms with E-state index in [2.05, 4.69) is 10.3 Å². The van der Waals surface area contributed by atoms with Crippen molar-refractivity contribution in [3.8, 4) is 0 Å². The van der Waals surface area contributed by atoms with Gasteiger partial charge in [0.25, 0.3) is 0 Å². The number of ether oxygens (including phenoxy) is 2. The summed E-state index contributed by atoms with van der Waals surface area (Å²) in [6, 6.07) is 12.7. The fourth-order valence-electron chi connectivity index (χ4n) is 2.57. The third-order valence-corrected chi connectivity index (χ3v) is 8.56. The lowest BCUT2D eigenvalue weighted by Gasteiger charge is -2.06. The third-order valence-electron chi connectivity index (χ3n) is 4.60. The maximum Gasteiger partial charge on any atom is 0.358 e. The second kappa shape index (κ2) is 16.1. The van der Waals surface area contributed by atoms with Gasteiger partial charge in [-0.1, -0.05) is 45.7 Å². The van der Waals surface area contributed by atoms with E-state index >= 15 is 0 Å². The smallest absolute Gasteiger partial charge is 0.358 e. The van der Waals surface area contributed by atoms with Gasteiger partial charge in [-0.05, 0) is 52.0 Å². The van der Waals surface area contributed by atoms with E-state index in [0.717, 1.165) is 11.1 Å². The first-order valence-electron chi connectivity index (χ1n) is 11.5. The Bertz CT molecular complexity index is 1180. The SMILES string of the molecule is CC(=NOS(=O)(=O)c1ccc(C)cc1)SCCOCCOCCSC(C)=NOS(=O)(=O)c1ccc(C)cc1. The molecule has 2 rings (SSSR count). The molecule has 0 unspecified atom stereocenters. The molecule has 0 atom stereocenters. The van der Waals surface area contributed by atoms with Gasteiger partial charge < -0.3 is 9.47 Å². The summed E-state index contributed by atoms with van der Waals surface area (Å²) in [7, 11) is -7.88. The van der Waals surface area contributed by atoms with Crippen molar-refractivity contribution in [3.63, 3.8) is 0 Å². The Kier molecular flexibility index (Phi) is 13.6. The molecular weight excluding hydrogens is 573 g/mol. The van der Waals surface area contributed by atoms with Crippen LogP contribution < -0.4 is 0 Å². The van der Waals surface area contributed by atoms with Gasteiger partial charge in [0.1, 0.15) is 19.9 Å². The first kappa shape index (κ1) is 32.1. The molecule has 0 aliphatic rings. The quantitative estimate of drug-likeness (QED) is 0.123. The molecule has 0 fully saturated rings. The fraction of sp³-hybridized carbons (Fsp3) is 0.417. The molecule has 2 aromatic rings. The van der Waals surface area contributed by atoms with Gasteiger partial charge >= 0.3 is 20.2 Å². The topological polar surface area (TPSA) is 130 Å². The van der Waals surface area contributed by atoms with Crippen molar-refractivity contribution in [2.24, 2.45) is 10.3 Å². The van der Waals surface area contributed by atoms with Crippen molar-refractivity contribution < 1.29 is 34.9 Å². The van der Waals surface area contributed by atoms with Gasteiger partial charge in [-0.3, -0.25) is 8.57 Å². The van der Waals surface area contributed by atoms with Crippen molar-refractivity contribution in [1.82, 2.24) is 0 Å². The molecule has 0 heterocycles. The van der Waals surface area contributed by atoms with Crippen LogP contribution in [0.25, 0.3) is 0 Å². The Morgan fingerprint density at radius 2 is 0.974 bits per heavy atom. The lowest BCUT2D eigenvalue weighted by Crippen LogP contribution is -2.09. The monoisotopic (exact) mass is 604 g/mol. The van der Waals surface area contributed by atoms with Crippen LogP contribution in [-0.2, 0) is 38.3 Å². The summed E-state index contributed by atoms with van der Waals surface area (Å²) in [4.78, 5) is 0.0986. The number of benzene rings is 2. The normalized spacial score (nSPS) is 12.9. The zero-order chi connectivity index (χ0) is 28.0. The number of hydrogen-bond donors (Lipinski definition) is 0. The first-order chi connectivity index (χ1) is 18.0. The number of rotatable bonds is 15. The van der Waals surface area contributed by atoms with Crippen LogP contribution in [0.5, 0.6) is 0 Å². The Labute approximate surface area is 233 Å². The van der Waals surface area contributed by atoms with Crippen LogP contribution in [0.15, 0.2) is 68.6 Å². The number of aryl methyl sites for hydroxylation is 2. The molecule has 14 heteroatoms. The van der Waals surface area contributed by atoms with Crippen molar-refractivity contribution in [2.45, 2.75) is 37.5 Å². The summed E-state index contributed by atoms with van der Waals surface area (Å²) in [5.74, 6) is 1.14. The van der Waals surface area contributed by atoms with Crippen molar-refractivity contribution in [1.29, 1.82) is 0 Å². The highest BCUT2D eigenvalue weighted by Gasteiger charge is 2.16. The van der Waals surface area contributed by atoms with Gasteiger partial charge in [0.05, 0.1) is 26.4 Å².